The molecule has 2 aromatic rings. The number of hydrogen-bond acceptors (Lipinski definition) is 5. The summed E-state index contributed by atoms with van der Waals surface area (Å²) in [5, 5.41) is 8.86. The number of carboxylic acid groups (broad SMARTS) is 1. The molecular formula is C13H11N3O4. The molecule has 0 radical (unpaired) electrons. The highest BCUT2D eigenvalue weighted by molar-refractivity contribution is 5.93. The third-order valence-corrected chi connectivity index (χ3v) is 2.44. The number of nitrogen functional groups attached to an aromatic ring is 1. The van der Waals surface area contributed by atoms with Crippen LogP contribution in [-0.2, 0) is 0 Å². The average Bonchev–Trinajstić information content (AvgIpc) is 2.41. The fraction of sp³-hybridized carbons (Fsp3) is 0. The van der Waals surface area contributed by atoms with Crippen molar-refractivity contribution in [3.05, 3.63) is 47.7 Å². The molecular weight excluding hydrogens is 262 g/mol. The summed E-state index contributed by atoms with van der Waals surface area (Å²) in [4.78, 5) is 25.7. The van der Waals surface area contributed by atoms with E-state index in [-0.39, 0.29) is 28.6 Å². The molecule has 102 valence electrons. The number of aromatic nitrogens is 1. The van der Waals surface area contributed by atoms with Crippen molar-refractivity contribution in [1.29, 1.82) is 0 Å². The van der Waals surface area contributed by atoms with Crippen molar-refractivity contribution >= 4 is 17.6 Å². The van der Waals surface area contributed by atoms with Crippen LogP contribution in [0.3, 0.4) is 0 Å². The van der Waals surface area contributed by atoms with Crippen molar-refractivity contribution in [3.63, 3.8) is 0 Å². The molecule has 0 saturated carbocycles. The molecule has 0 unspecified atom stereocenters. The number of carbonyl (C=O) groups is 2. The number of carboxylic acids is 1. The molecule has 0 spiro atoms. The average molecular weight is 273 g/mol. The normalized spacial score (nSPS) is 10.0. The Labute approximate surface area is 113 Å². The van der Waals surface area contributed by atoms with E-state index in [0.717, 1.165) is 0 Å². The number of nitrogens with two attached hydrogens (primary N) is 2. The van der Waals surface area contributed by atoms with E-state index >= 15 is 0 Å². The minimum absolute atomic E-state index is 0.0495. The van der Waals surface area contributed by atoms with Gasteiger partial charge >= 0.3 is 5.97 Å². The van der Waals surface area contributed by atoms with Gasteiger partial charge in [-0.1, -0.05) is 6.07 Å². The van der Waals surface area contributed by atoms with E-state index in [4.69, 9.17) is 21.3 Å². The number of rotatable bonds is 4. The first-order chi connectivity index (χ1) is 9.47. The molecule has 5 N–H and O–H groups in total. The number of pyridine rings is 1. The maximum Gasteiger partial charge on any atom is 0.354 e. The van der Waals surface area contributed by atoms with Gasteiger partial charge in [-0.15, -0.1) is 0 Å². The van der Waals surface area contributed by atoms with Gasteiger partial charge in [-0.05, 0) is 30.3 Å². The smallest absolute Gasteiger partial charge is 0.354 e. The second kappa shape index (κ2) is 5.27. The largest absolute Gasteiger partial charge is 0.477 e. The molecule has 0 aliphatic carbocycles. The molecule has 2 rings (SSSR count). The Balaban J connectivity index is 2.34. The Morgan fingerprint density at radius 2 is 1.95 bits per heavy atom. The molecule has 7 nitrogen and oxygen atoms in total. The minimum atomic E-state index is -1.19. The van der Waals surface area contributed by atoms with E-state index in [1.54, 1.807) is 12.1 Å². The minimum Gasteiger partial charge on any atom is -0.477 e. The van der Waals surface area contributed by atoms with Crippen molar-refractivity contribution in [2.24, 2.45) is 5.73 Å². The summed E-state index contributed by atoms with van der Waals surface area (Å²) in [5.41, 5.74) is 11.1. The number of aromatic carboxylic acids is 1. The molecule has 1 aromatic heterocycles. The molecule has 20 heavy (non-hydrogen) atoms. The highest BCUT2D eigenvalue weighted by Crippen LogP contribution is 2.26. The summed E-state index contributed by atoms with van der Waals surface area (Å²) < 4.78 is 5.38. The van der Waals surface area contributed by atoms with Crippen LogP contribution < -0.4 is 16.2 Å². The Morgan fingerprint density at radius 1 is 1.20 bits per heavy atom. The van der Waals surface area contributed by atoms with Gasteiger partial charge < -0.3 is 21.3 Å². The van der Waals surface area contributed by atoms with Crippen molar-refractivity contribution in [1.82, 2.24) is 4.98 Å². The summed E-state index contributed by atoms with van der Waals surface area (Å²) in [5.74, 6) is -1.56. The molecule has 0 saturated heterocycles. The third kappa shape index (κ3) is 2.83. The highest BCUT2D eigenvalue weighted by atomic mass is 16.5. The third-order valence-electron chi connectivity index (χ3n) is 2.44. The number of amides is 1. The van der Waals surface area contributed by atoms with Crippen LogP contribution in [0.15, 0.2) is 36.4 Å². The summed E-state index contributed by atoms with van der Waals surface area (Å²) in [6, 6.07) is 8.73. The Bertz CT molecular complexity index is 685. The van der Waals surface area contributed by atoms with Crippen molar-refractivity contribution in [2.45, 2.75) is 0 Å². The Morgan fingerprint density at radius 3 is 2.60 bits per heavy atom. The number of primary amides is 1. The monoisotopic (exact) mass is 273 g/mol. The fourth-order valence-electron chi connectivity index (χ4n) is 1.48. The van der Waals surface area contributed by atoms with E-state index < -0.39 is 11.9 Å². The lowest BCUT2D eigenvalue weighted by Crippen LogP contribution is -2.10. The molecule has 0 aliphatic heterocycles. The summed E-state index contributed by atoms with van der Waals surface area (Å²) in [7, 11) is 0. The molecule has 0 fully saturated rings. The van der Waals surface area contributed by atoms with E-state index in [1.807, 2.05) is 0 Å². The van der Waals surface area contributed by atoms with E-state index in [1.165, 1.54) is 24.3 Å². The van der Waals surface area contributed by atoms with Gasteiger partial charge in [0, 0.05) is 5.56 Å². The lowest BCUT2D eigenvalue weighted by atomic mass is 10.2. The van der Waals surface area contributed by atoms with Crippen molar-refractivity contribution < 1.29 is 19.4 Å². The van der Waals surface area contributed by atoms with Crippen LogP contribution in [0.5, 0.6) is 11.6 Å². The molecule has 0 bridgehead atoms. The SMILES string of the molecule is NC(=O)c1cccc(Oc2nc(C(=O)O)ccc2N)c1. The summed E-state index contributed by atoms with van der Waals surface area (Å²) in [6.07, 6.45) is 0. The van der Waals surface area contributed by atoms with Gasteiger partial charge in [0.2, 0.25) is 11.8 Å². The number of anilines is 1. The maximum absolute atomic E-state index is 11.1. The zero-order valence-electron chi connectivity index (χ0n) is 10.2. The van der Waals surface area contributed by atoms with Crippen LogP contribution in [0.1, 0.15) is 20.8 Å². The Hall–Kier alpha value is -3.09. The highest BCUT2D eigenvalue weighted by Gasteiger charge is 2.11. The van der Waals surface area contributed by atoms with E-state index in [2.05, 4.69) is 4.98 Å². The number of benzene rings is 1. The lowest BCUT2D eigenvalue weighted by molar-refractivity contribution is 0.0689. The van der Waals surface area contributed by atoms with Crippen LogP contribution in [0.25, 0.3) is 0 Å². The molecule has 1 heterocycles. The van der Waals surface area contributed by atoms with Crippen LogP contribution in [0.2, 0.25) is 0 Å². The van der Waals surface area contributed by atoms with E-state index in [9.17, 15) is 9.59 Å². The molecule has 7 heteroatoms. The van der Waals surface area contributed by atoms with Crippen molar-refractivity contribution in [2.75, 3.05) is 5.73 Å². The van der Waals surface area contributed by atoms with Gasteiger partial charge in [-0.2, -0.15) is 0 Å². The number of nitrogens with zero attached hydrogens (tertiary/aromatic N) is 1. The van der Waals surface area contributed by atoms with Crippen LogP contribution >= 0.6 is 0 Å². The van der Waals surface area contributed by atoms with Crippen LogP contribution in [0.4, 0.5) is 5.69 Å². The predicted octanol–water partition coefficient (Wildman–Crippen LogP) is 1.25. The molecule has 1 aromatic carbocycles. The number of ether oxygens (including phenoxy) is 1. The number of carbonyl (C=O) groups excluding carboxylic acids is 1. The first-order valence-corrected chi connectivity index (χ1v) is 5.55. The topological polar surface area (TPSA) is 129 Å². The molecule has 0 aliphatic rings. The van der Waals surface area contributed by atoms with Gasteiger partial charge in [-0.3, -0.25) is 4.79 Å². The van der Waals surface area contributed by atoms with Gasteiger partial charge in [0.1, 0.15) is 5.75 Å². The first-order valence-electron chi connectivity index (χ1n) is 5.55. The van der Waals surface area contributed by atoms with Crippen molar-refractivity contribution in [3.8, 4) is 11.6 Å². The lowest BCUT2D eigenvalue weighted by Gasteiger charge is -2.08. The first kappa shape index (κ1) is 13.3. The second-order valence-corrected chi connectivity index (χ2v) is 3.89. The predicted molar refractivity (Wildman–Crippen MR) is 70.6 cm³/mol. The van der Waals surface area contributed by atoms with Crippen LogP contribution in [0, 0.1) is 0 Å². The van der Waals surface area contributed by atoms with Crippen LogP contribution in [-0.4, -0.2) is 22.0 Å². The zero-order valence-corrected chi connectivity index (χ0v) is 10.2. The van der Waals surface area contributed by atoms with Gasteiger partial charge in [0.15, 0.2) is 5.69 Å². The number of hydrogen-bond donors (Lipinski definition) is 3. The zero-order chi connectivity index (χ0) is 14.7. The fourth-order valence-corrected chi connectivity index (χ4v) is 1.48. The molecule has 0 atom stereocenters. The standard InChI is InChI=1S/C13H11N3O4/c14-9-4-5-10(13(18)19)16-12(9)20-8-3-1-2-7(6-8)11(15)17/h1-6H,14H2,(H2,15,17)(H,18,19). The van der Waals surface area contributed by atoms with Gasteiger partial charge in [0.05, 0.1) is 5.69 Å². The molecule has 1 amide bonds. The summed E-state index contributed by atoms with van der Waals surface area (Å²) in [6.45, 7) is 0. The van der Waals surface area contributed by atoms with Gasteiger partial charge in [0.25, 0.3) is 0 Å². The quantitative estimate of drug-likeness (QED) is 0.768. The Kier molecular flexibility index (Phi) is 3.52. The second-order valence-electron chi connectivity index (χ2n) is 3.89. The van der Waals surface area contributed by atoms with Gasteiger partial charge in [-0.25, -0.2) is 9.78 Å². The summed E-state index contributed by atoms with van der Waals surface area (Å²) >= 11 is 0. The maximum atomic E-state index is 11.1. The van der Waals surface area contributed by atoms with E-state index in [0.29, 0.717) is 0 Å².